The van der Waals surface area contributed by atoms with Gasteiger partial charge < -0.3 is 20.9 Å². The van der Waals surface area contributed by atoms with Gasteiger partial charge in [-0.15, -0.1) is 0 Å². The van der Waals surface area contributed by atoms with Crippen molar-refractivity contribution in [2.45, 2.75) is 0 Å². The van der Waals surface area contributed by atoms with Gasteiger partial charge >= 0.3 is 0 Å². The smallest absolute Gasteiger partial charge is 0.260 e. The number of halogens is 2. The second-order valence-corrected chi connectivity index (χ2v) is 6.71. The van der Waals surface area contributed by atoms with Crippen molar-refractivity contribution in [1.29, 1.82) is 0 Å². The van der Waals surface area contributed by atoms with Crippen molar-refractivity contribution in [3.8, 4) is 17.3 Å². The van der Waals surface area contributed by atoms with Crippen molar-refractivity contribution in [3.63, 3.8) is 0 Å². The third kappa shape index (κ3) is 4.23. The molecule has 3 aromatic heterocycles. The average molecular weight is 469 g/mol. The minimum atomic E-state index is -0.559. The van der Waals surface area contributed by atoms with Gasteiger partial charge in [0.05, 0.1) is 25.0 Å². The molecule has 12 nitrogen and oxygen atoms in total. The minimum absolute atomic E-state index is 0.0302. The monoisotopic (exact) mass is 469 g/mol. The second-order valence-electron chi connectivity index (χ2n) is 6.71. The van der Waals surface area contributed by atoms with Crippen molar-refractivity contribution >= 4 is 33.7 Å². The number of methoxy groups -OCH3 is 2. The summed E-state index contributed by atoms with van der Waals surface area (Å²) >= 11 is 0. The van der Waals surface area contributed by atoms with Crippen molar-refractivity contribution in [2.24, 2.45) is 0 Å². The Morgan fingerprint density at radius 3 is 2.12 bits per heavy atom. The Bertz CT molecular complexity index is 1560. The summed E-state index contributed by atoms with van der Waals surface area (Å²) in [6, 6.07) is 4.77. The molecule has 174 valence electrons. The van der Waals surface area contributed by atoms with E-state index in [4.69, 9.17) is 20.9 Å². The molecule has 0 fully saturated rings. The van der Waals surface area contributed by atoms with Crippen molar-refractivity contribution < 1.29 is 18.3 Å². The Morgan fingerprint density at radius 2 is 1.53 bits per heavy atom. The summed E-state index contributed by atoms with van der Waals surface area (Å²) in [5.41, 5.74) is 11.2. The van der Waals surface area contributed by atoms with Crippen LogP contribution in [0.25, 0.3) is 27.6 Å². The van der Waals surface area contributed by atoms with Crippen LogP contribution in [0.15, 0.2) is 41.7 Å². The predicted octanol–water partition coefficient (Wildman–Crippen LogP) is 1.59. The fourth-order valence-electron chi connectivity index (χ4n) is 3.17. The third-order valence-corrected chi connectivity index (χ3v) is 4.56. The lowest BCUT2D eigenvalue weighted by atomic mass is 10.2. The number of anilines is 2. The van der Waals surface area contributed by atoms with Crippen LogP contribution >= 0.6 is 0 Å². The van der Waals surface area contributed by atoms with E-state index in [1.165, 1.54) is 43.7 Å². The van der Waals surface area contributed by atoms with Gasteiger partial charge in [-0.1, -0.05) is 0 Å². The number of fused-ring (bicyclic) bond motifs is 2. The van der Waals surface area contributed by atoms with Gasteiger partial charge in [0, 0.05) is 12.1 Å². The maximum atomic E-state index is 13.6. The molecule has 0 aliphatic carbocycles. The van der Waals surface area contributed by atoms with E-state index >= 15 is 0 Å². The highest BCUT2D eigenvalue weighted by Crippen LogP contribution is 2.29. The number of nitrogen functional groups attached to an aromatic ring is 2. The van der Waals surface area contributed by atoms with Crippen molar-refractivity contribution in [1.82, 2.24) is 34.7 Å². The van der Waals surface area contributed by atoms with E-state index in [-0.39, 0.29) is 34.3 Å². The lowest BCUT2D eigenvalue weighted by molar-refractivity contribution is 0.415. The first kappa shape index (κ1) is 22.3. The van der Waals surface area contributed by atoms with Crippen molar-refractivity contribution in [2.75, 3.05) is 25.7 Å². The molecule has 0 unspecified atom stereocenters. The number of nitrogens with zero attached hydrogens (tertiary/aromatic N) is 6. The van der Waals surface area contributed by atoms with Gasteiger partial charge in [0.2, 0.25) is 11.9 Å². The van der Waals surface area contributed by atoms with E-state index in [0.717, 1.165) is 12.1 Å². The first-order valence-corrected chi connectivity index (χ1v) is 9.49. The summed E-state index contributed by atoms with van der Waals surface area (Å²) in [7, 11) is 2.80. The van der Waals surface area contributed by atoms with Crippen LogP contribution in [-0.4, -0.2) is 48.9 Å². The van der Waals surface area contributed by atoms with Gasteiger partial charge in [0.1, 0.15) is 46.8 Å². The van der Waals surface area contributed by atoms with Gasteiger partial charge in [0.25, 0.3) is 5.56 Å². The summed E-state index contributed by atoms with van der Waals surface area (Å²) in [6.07, 6.45) is 2.79. The number of benzene rings is 2. The van der Waals surface area contributed by atoms with Crippen LogP contribution < -0.4 is 26.5 Å². The van der Waals surface area contributed by atoms with Crippen LogP contribution in [0.4, 0.5) is 20.7 Å². The zero-order valence-electron chi connectivity index (χ0n) is 17.8. The van der Waals surface area contributed by atoms with Gasteiger partial charge in [-0.25, -0.2) is 28.4 Å². The molecule has 0 aliphatic heterocycles. The molecular weight excluding hydrogens is 452 g/mol. The van der Waals surface area contributed by atoms with Crippen LogP contribution in [0.5, 0.6) is 11.5 Å². The average Bonchev–Trinajstić information content (AvgIpc) is 3.34. The topological polar surface area (TPSA) is 173 Å². The molecule has 3 heterocycles. The lowest BCUT2D eigenvalue weighted by Crippen LogP contribution is -2.12. The Balaban J connectivity index is 0.000000166. The first-order chi connectivity index (χ1) is 16.3. The number of aromatic amines is 1. The molecule has 0 atom stereocenters. The maximum Gasteiger partial charge on any atom is 0.260 e. The van der Waals surface area contributed by atoms with Crippen molar-refractivity contribution in [3.05, 3.63) is 58.9 Å². The van der Waals surface area contributed by atoms with Gasteiger partial charge in [0.15, 0.2) is 5.82 Å². The zero-order chi connectivity index (χ0) is 24.4. The number of hydrogen-bond donors (Lipinski definition) is 3. The van der Waals surface area contributed by atoms with Crippen LogP contribution in [0.1, 0.15) is 0 Å². The summed E-state index contributed by atoms with van der Waals surface area (Å²) in [6.45, 7) is 0. The highest BCUT2D eigenvalue weighted by Gasteiger charge is 2.14. The molecule has 0 spiro atoms. The molecule has 0 aliphatic rings. The lowest BCUT2D eigenvalue weighted by Gasteiger charge is -2.09. The third-order valence-electron chi connectivity index (χ3n) is 4.56. The van der Waals surface area contributed by atoms with Crippen LogP contribution in [0, 0.1) is 11.6 Å². The Labute approximate surface area is 189 Å². The summed E-state index contributed by atoms with van der Waals surface area (Å²) in [5, 5.41) is 4.51. The zero-order valence-corrected chi connectivity index (χ0v) is 17.8. The number of H-pyrrole nitrogens is 1. The molecule has 0 saturated carbocycles. The number of nitrogens with two attached hydrogens (primary N) is 2. The van der Waals surface area contributed by atoms with Crippen LogP contribution in [0.3, 0.4) is 0 Å². The number of aromatic nitrogens is 7. The Kier molecular flexibility index (Phi) is 5.86. The number of hydrogen-bond acceptors (Lipinski definition) is 10. The molecule has 5 rings (SSSR count). The fraction of sp³-hybridized carbons (Fsp3) is 0.100. The molecular formula is C20H17F2N9O3. The molecule has 0 radical (unpaired) electrons. The summed E-state index contributed by atoms with van der Waals surface area (Å²) in [4.78, 5) is 29.5. The molecule has 34 heavy (non-hydrogen) atoms. The van der Waals surface area contributed by atoms with E-state index in [1.54, 1.807) is 0 Å². The van der Waals surface area contributed by atoms with Crippen LogP contribution in [-0.2, 0) is 0 Å². The number of ether oxygens (including phenoxy) is 2. The molecule has 14 heteroatoms. The van der Waals surface area contributed by atoms with Gasteiger partial charge in [-0.3, -0.25) is 9.78 Å². The van der Waals surface area contributed by atoms with E-state index < -0.39 is 17.2 Å². The van der Waals surface area contributed by atoms with Gasteiger partial charge in [-0.05, 0) is 12.1 Å². The predicted molar refractivity (Wildman–Crippen MR) is 119 cm³/mol. The quantitative estimate of drug-likeness (QED) is 0.352. The SMILES string of the molecule is COc1cc(F)cc2c(-n3cncn3)nc(N)nc12.COc1cc(F)cc2c(=O)[nH]c(N)nc12. The molecule has 5 aromatic rings. The van der Waals surface area contributed by atoms with Gasteiger partial charge in [-0.2, -0.15) is 10.1 Å². The highest BCUT2D eigenvalue weighted by molar-refractivity contribution is 5.91. The Hall–Kier alpha value is -4.88. The maximum absolute atomic E-state index is 13.6. The fourth-order valence-corrected chi connectivity index (χ4v) is 3.17. The minimum Gasteiger partial charge on any atom is -0.494 e. The largest absolute Gasteiger partial charge is 0.494 e. The van der Waals surface area contributed by atoms with E-state index in [9.17, 15) is 13.6 Å². The molecule has 0 saturated heterocycles. The molecule has 2 aromatic carbocycles. The molecule has 0 amide bonds. The summed E-state index contributed by atoms with van der Waals surface area (Å²) in [5.74, 6) is -0.193. The standard InChI is InChI=1S/C11H9FN6O.C9H8FN3O2/c1-19-8-3-6(12)2-7-9(8)16-11(13)17-10(7)18-5-14-4-15-18;1-15-6-3-4(10)2-5-7(6)12-9(11)13-8(5)14/h2-5H,1H3,(H2,13,16,17);2-3H,1H3,(H3,11,12,13,14). The van der Waals surface area contributed by atoms with E-state index in [1.807, 2.05) is 0 Å². The normalized spacial score (nSPS) is 10.7. The highest BCUT2D eigenvalue weighted by atomic mass is 19.1. The van der Waals surface area contributed by atoms with E-state index in [2.05, 4.69) is 30.0 Å². The van der Waals surface area contributed by atoms with E-state index in [0.29, 0.717) is 16.7 Å². The molecule has 0 bridgehead atoms. The van der Waals surface area contributed by atoms with Crippen LogP contribution in [0.2, 0.25) is 0 Å². The first-order valence-electron chi connectivity index (χ1n) is 9.49. The molecule has 5 N–H and O–H groups in total. The summed E-state index contributed by atoms with van der Waals surface area (Å²) < 4.78 is 38.1. The number of rotatable bonds is 3. The number of nitrogens with one attached hydrogen (secondary N) is 1. The second kappa shape index (κ2) is 8.93. The Morgan fingerprint density at radius 1 is 0.912 bits per heavy atom.